The van der Waals surface area contributed by atoms with Crippen molar-refractivity contribution in [3.05, 3.63) is 94.2 Å². The minimum Gasteiger partial charge on any atom is -0.507 e. The maximum absolute atomic E-state index is 11.1. The van der Waals surface area contributed by atoms with Gasteiger partial charge >= 0.3 is 0 Å². The second-order valence-corrected chi connectivity index (χ2v) is 13.0. The standard InChI is InChI=1S/C40H55N3O4/c1-6-7-8-9-10-11-12-13-14-15-22-46-27-33(44)28-47-34-18-20-36(39(45)25-34)40-41-37(35-19-16-29(2)23-31(35)4)26-43(42-40)38-21-17-30(3)24-32(38)5/h16-21,23-26,33,44-45H,6-15,22,27-28H2,1-5H3,(H,41,42). The molecular weight excluding hydrogens is 586 g/mol. The highest BCUT2D eigenvalue weighted by molar-refractivity contribution is 6.06. The van der Waals surface area contributed by atoms with Gasteiger partial charge in [0.2, 0.25) is 0 Å². The van der Waals surface area contributed by atoms with E-state index in [2.05, 4.69) is 76.4 Å². The number of anilines is 1. The Morgan fingerprint density at radius 1 is 0.745 bits per heavy atom. The van der Waals surface area contributed by atoms with E-state index in [9.17, 15) is 10.2 Å². The summed E-state index contributed by atoms with van der Waals surface area (Å²) >= 11 is 0. The van der Waals surface area contributed by atoms with E-state index in [0.717, 1.165) is 40.9 Å². The average molecular weight is 642 g/mol. The molecule has 0 aliphatic carbocycles. The van der Waals surface area contributed by atoms with Gasteiger partial charge in [-0.1, -0.05) is 106 Å². The van der Waals surface area contributed by atoms with Crippen molar-refractivity contribution in [3.63, 3.8) is 0 Å². The van der Waals surface area contributed by atoms with E-state index < -0.39 is 6.10 Å². The summed E-state index contributed by atoms with van der Waals surface area (Å²) in [6.07, 6.45) is 14.1. The van der Waals surface area contributed by atoms with Gasteiger partial charge in [-0.25, -0.2) is 4.99 Å². The molecule has 0 radical (unpaired) electrons. The molecule has 47 heavy (non-hydrogen) atoms. The lowest BCUT2D eigenvalue weighted by Gasteiger charge is -2.30. The van der Waals surface area contributed by atoms with Crippen molar-refractivity contribution in [1.29, 1.82) is 0 Å². The zero-order valence-corrected chi connectivity index (χ0v) is 29.1. The molecule has 3 N–H and O–H groups in total. The quantitative estimate of drug-likeness (QED) is 0.113. The van der Waals surface area contributed by atoms with Gasteiger partial charge in [0.05, 0.1) is 29.8 Å². The van der Waals surface area contributed by atoms with Crippen LogP contribution in [-0.4, -0.2) is 42.0 Å². The normalized spacial score (nSPS) is 13.6. The number of hydrogen-bond donors (Lipinski definition) is 3. The number of aliphatic hydroxyl groups excluding tert-OH is 1. The molecular formula is C40H55N3O4. The van der Waals surface area contributed by atoms with E-state index >= 15 is 0 Å². The summed E-state index contributed by atoms with van der Waals surface area (Å²) in [5.41, 5.74) is 11.4. The number of nitrogens with one attached hydrogen (secondary N) is 1. The van der Waals surface area contributed by atoms with Crippen molar-refractivity contribution in [2.45, 2.75) is 105 Å². The van der Waals surface area contributed by atoms with Gasteiger partial charge < -0.3 is 19.7 Å². The van der Waals surface area contributed by atoms with E-state index in [4.69, 9.17) is 14.5 Å². The molecule has 0 amide bonds. The van der Waals surface area contributed by atoms with Crippen LogP contribution in [0.25, 0.3) is 5.70 Å². The zero-order chi connectivity index (χ0) is 33.6. The minimum absolute atomic E-state index is 0.0305. The van der Waals surface area contributed by atoms with Crippen LogP contribution < -0.4 is 15.2 Å². The number of aliphatic imine (C=N–C) groups is 1. The number of aryl methyl sites for hydroxylation is 4. The van der Waals surface area contributed by atoms with Crippen LogP contribution >= 0.6 is 0 Å². The number of hydrazine groups is 1. The zero-order valence-electron chi connectivity index (χ0n) is 29.1. The predicted octanol–water partition coefficient (Wildman–Crippen LogP) is 9.07. The molecule has 1 unspecified atom stereocenters. The second-order valence-electron chi connectivity index (χ2n) is 13.0. The van der Waals surface area contributed by atoms with Gasteiger partial charge in [-0.05, 0) is 63.4 Å². The van der Waals surface area contributed by atoms with E-state index in [0.29, 0.717) is 23.8 Å². The fraction of sp³-hybridized carbons (Fsp3) is 0.475. The molecule has 1 aliphatic rings. The van der Waals surface area contributed by atoms with Crippen LogP contribution in [-0.2, 0) is 4.74 Å². The topological polar surface area (TPSA) is 86.5 Å². The van der Waals surface area contributed by atoms with Crippen LogP contribution in [0.3, 0.4) is 0 Å². The van der Waals surface area contributed by atoms with Gasteiger partial charge in [0, 0.05) is 18.2 Å². The number of benzene rings is 3. The van der Waals surface area contributed by atoms with Crippen molar-refractivity contribution in [3.8, 4) is 11.5 Å². The number of hydrogen-bond acceptors (Lipinski definition) is 7. The van der Waals surface area contributed by atoms with Gasteiger partial charge in [0.1, 0.15) is 24.2 Å². The molecule has 0 saturated heterocycles. The fourth-order valence-corrected chi connectivity index (χ4v) is 5.95. The fourth-order valence-electron chi connectivity index (χ4n) is 5.95. The van der Waals surface area contributed by atoms with Crippen LogP contribution in [0.2, 0.25) is 0 Å². The average Bonchev–Trinajstić information content (AvgIpc) is 3.04. The maximum Gasteiger partial charge on any atom is 0.156 e. The Hall–Kier alpha value is -3.81. The molecule has 7 nitrogen and oxygen atoms in total. The molecule has 1 heterocycles. The third-order valence-corrected chi connectivity index (χ3v) is 8.60. The molecule has 0 aromatic heterocycles. The number of aromatic hydroxyl groups is 1. The molecule has 7 heteroatoms. The van der Waals surface area contributed by atoms with E-state index in [1.54, 1.807) is 18.2 Å². The number of amidine groups is 1. The summed E-state index contributed by atoms with van der Waals surface area (Å²) in [4.78, 5) is 4.95. The highest BCUT2D eigenvalue weighted by Gasteiger charge is 2.22. The Bertz CT molecular complexity index is 1500. The van der Waals surface area contributed by atoms with Crippen LogP contribution in [0.5, 0.6) is 11.5 Å². The van der Waals surface area contributed by atoms with Crippen molar-refractivity contribution < 1.29 is 19.7 Å². The predicted molar refractivity (Wildman–Crippen MR) is 194 cm³/mol. The lowest BCUT2D eigenvalue weighted by molar-refractivity contribution is 0.0109. The summed E-state index contributed by atoms with van der Waals surface area (Å²) in [5.74, 6) is 1.02. The molecule has 3 aromatic rings. The number of ether oxygens (including phenoxy) is 2. The van der Waals surface area contributed by atoms with Crippen molar-refractivity contribution >= 4 is 17.2 Å². The Balaban J connectivity index is 1.31. The third kappa shape index (κ3) is 11.1. The SMILES string of the molecule is CCCCCCCCCCCCOCC(O)COc1ccc(C2=NC(c3ccc(C)cc3C)=CN(c3ccc(C)cc3C)N2)c(O)c1. The van der Waals surface area contributed by atoms with Gasteiger partial charge in [0.15, 0.2) is 5.84 Å². The first-order chi connectivity index (χ1) is 22.7. The molecule has 1 aliphatic heterocycles. The number of phenolic OH excluding ortho intramolecular Hbond substituents is 1. The summed E-state index contributed by atoms with van der Waals surface area (Å²) in [6, 6.07) is 17.8. The summed E-state index contributed by atoms with van der Waals surface area (Å²) in [7, 11) is 0. The first-order valence-electron chi connectivity index (χ1n) is 17.5. The lowest BCUT2D eigenvalue weighted by atomic mass is 10.0. The van der Waals surface area contributed by atoms with Gasteiger partial charge in [0.25, 0.3) is 0 Å². The second kappa shape index (κ2) is 18.5. The molecule has 1 atom stereocenters. The highest BCUT2D eigenvalue weighted by atomic mass is 16.5. The first-order valence-corrected chi connectivity index (χ1v) is 17.5. The van der Waals surface area contributed by atoms with Crippen LogP contribution in [0.4, 0.5) is 5.69 Å². The van der Waals surface area contributed by atoms with Crippen LogP contribution in [0, 0.1) is 27.7 Å². The summed E-state index contributed by atoms with van der Waals surface area (Å²) in [5, 5.41) is 23.5. The molecule has 0 saturated carbocycles. The third-order valence-electron chi connectivity index (χ3n) is 8.60. The molecule has 0 bridgehead atoms. The largest absolute Gasteiger partial charge is 0.507 e. The number of unbranched alkanes of at least 4 members (excludes halogenated alkanes) is 9. The number of aliphatic hydroxyl groups is 1. The molecule has 3 aromatic carbocycles. The molecule has 4 rings (SSSR count). The van der Waals surface area contributed by atoms with Gasteiger partial charge in [-0.3, -0.25) is 10.4 Å². The van der Waals surface area contributed by atoms with Crippen LogP contribution in [0.15, 0.2) is 65.8 Å². The van der Waals surface area contributed by atoms with Crippen LogP contribution in [0.1, 0.15) is 105 Å². The molecule has 0 fully saturated rings. The van der Waals surface area contributed by atoms with E-state index in [-0.39, 0.29) is 19.0 Å². The molecule has 254 valence electrons. The highest BCUT2D eigenvalue weighted by Crippen LogP contribution is 2.31. The van der Waals surface area contributed by atoms with Crippen molar-refractivity contribution in [2.24, 2.45) is 4.99 Å². The summed E-state index contributed by atoms with van der Waals surface area (Å²) < 4.78 is 11.5. The number of phenols is 1. The summed E-state index contributed by atoms with van der Waals surface area (Å²) in [6.45, 7) is 11.5. The van der Waals surface area contributed by atoms with E-state index in [1.165, 1.54) is 62.5 Å². The molecule has 0 spiro atoms. The van der Waals surface area contributed by atoms with Gasteiger partial charge in [-0.15, -0.1) is 0 Å². The van der Waals surface area contributed by atoms with E-state index in [1.807, 2.05) is 11.2 Å². The minimum atomic E-state index is -0.749. The Labute approximate surface area is 282 Å². The maximum atomic E-state index is 11.1. The lowest BCUT2D eigenvalue weighted by Crippen LogP contribution is -2.42. The number of nitrogens with zero attached hydrogens (tertiary/aromatic N) is 2. The van der Waals surface area contributed by atoms with Crippen molar-refractivity contribution in [1.82, 2.24) is 5.43 Å². The Kier molecular flexibility index (Phi) is 14.2. The Morgan fingerprint density at radius 3 is 2.04 bits per heavy atom. The first kappa shape index (κ1) is 36.0. The monoisotopic (exact) mass is 641 g/mol. The Morgan fingerprint density at radius 2 is 1.38 bits per heavy atom. The smallest absolute Gasteiger partial charge is 0.156 e. The van der Waals surface area contributed by atoms with Gasteiger partial charge in [-0.2, -0.15) is 0 Å². The van der Waals surface area contributed by atoms with Crippen molar-refractivity contribution in [2.75, 3.05) is 24.8 Å². The number of rotatable bonds is 19.